The first-order chi connectivity index (χ1) is 19.3. The minimum absolute atomic E-state index is 0.0349. The number of ether oxygens (including phenoxy) is 2. The molecule has 0 aliphatic carbocycles. The SMILES string of the molecule is CS(=O)(=O)CCC1CN2C(=O)CN1Cc1cncn1Cc1cccc(c1)Oc1cccc(c1)Oc1ccccc12. The molecule has 2 atom stereocenters. The van der Waals surface area contributed by atoms with Crippen molar-refractivity contribution in [1.82, 2.24) is 14.5 Å². The first kappa shape index (κ1) is 26.1. The minimum atomic E-state index is -3.19. The highest BCUT2D eigenvalue weighted by Gasteiger charge is 2.35. The van der Waals surface area contributed by atoms with E-state index in [1.54, 1.807) is 17.4 Å². The molecular formula is C30H30N4O5S. The Morgan fingerprint density at radius 3 is 2.48 bits per heavy atom. The summed E-state index contributed by atoms with van der Waals surface area (Å²) in [7, 11) is -3.19. The van der Waals surface area contributed by atoms with Crippen molar-refractivity contribution >= 4 is 21.4 Å². The van der Waals surface area contributed by atoms with E-state index in [1.165, 1.54) is 6.26 Å². The van der Waals surface area contributed by atoms with Crippen LogP contribution >= 0.6 is 0 Å². The molecule has 0 spiro atoms. The Morgan fingerprint density at radius 2 is 1.65 bits per heavy atom. The highest BCUT2D eigenvalue weighted by atomic mass is 32.2. The van der Waals surface area contributed by atoms with Gasteiger partial charge in [-0.3, -0.25) is 9.69 Å². The summed E-state index contributed by atoms with van der Waals surface area (Å²) in [4.78, 5) is 21.7. The molecule has 0 N–H and O–H groups in total. The largest absolute Gasteiger partial charge is 0.457 e. The van der Waals surface area contributed by atoms with Gasteiger partial charge in [0.25, 0.3) is 0 Å². The number of imidazole rings is 1. The second kappa shape index (κ2) is 10.8. The van der Waals surface area contributed by atoms with Gasteiger partial charge in [0.1, 0.15) is 27.1 Å². The van der Waals surface area contributed by atoms with Gasteiger partial charge in [-0.25, -0.2) is 13.4 Å². The zero-order chi connectivity index (χ0) is 27.7. The molecule has 1 aromatic heterocycles. The molecule has 1 saturated heterocycles. The monoisotopic (exact) mass is 558 g/mol. The number of para-hydroxylation sites is 2. The number of rotatable bonds is 3. The molecule has 3 aliphatic heterocycles. The van der Waals surface area contributed by atoms with Gasteiger partial charge in [0.2, 0.25) is 5.91 Å². The van der Waals surface area contributed by atoms with E-state index >= 15 is 0 Å². The number of amides is 1. The highest BCUT2D eigenvalue weighted by molar-refractivity contribution is 7.90. The van der Waals surface area contributed by atoms with Crippen molar-refractivity contribution in [2.24, 2.45) is 0 Å². The predicted octanol–water partition coefficient (Wildman–Crippen LogP) is 4.48. The highest BCUT2D eigenvalue weighted by Crippen LogP contribution is 2.36. The normalized spacial score (nSPS) is 19.0. The molecule has 10 heteroatoms. The summed E-state index contributed by atoms with van der Waals surface area (Å²) in [6.45, 7) is 1.53. The van der Waals surface area contributed by atoms with Crippen molar-refractivity contribution in [2.75, 3.05) is 30.0 Å². The van der Waals surface area contributed by atoms with Crippen LogP contribution in [0.3, 0.4) is 0 Å². The molecule has 0 radical (unpaired) electrons. The molecule has 0 saturated carbocycles. The quantitative estimate of drug-likeness (QED) is 0.366. The van der Waals surface area contributed by atoms with Crippen LogP contribution in [0.2, 0.25) is 0 Å². The third-order valence-electron chi connectivity index (χ3n) is 7.21. The smallest absolute Gasteiger partial charge is 0.241 e. The van der Waals surface area contributed by atoms with Crippen LogP contribution in [-0.4, -0.2) is 59.9 Å². The number of carbonyl (C=O) groups is 1. The Kier molecular flexibility index (Phi) is 7.03. The van der Waals surface area contributed by atoms with Gasteiger partial charge in [0.15, 0.2) is 5.75 Å². The van der Waals surface area contributed by atoms with Gasteiger partial charge in [-0.15, -0.1) is 0 Å². The lowest BCUT2D eigenvalue weighted by Crippen LogP contribution is -2.56. The Bertz CT molecular complexity index is 1650. The number of carbonyl (C=O) groups excluding carboxylic acids is 1. The molecule has 7 rings (SSSR count). The van der Waals surface area contributed by atoms with E-state index in [2.05, 4.69) is 14.5 Å². The third-order valence-corrected chi connectivity index (χ3v) is 8.19. The standard InChI is InChI=1S/C30H30N4O5S/c1-40(36,37)13-12-23-19-34-28-10-2-3-11-29(28)39-27-9-5-8-26(15-27)38-25-7-4-6-22(14-25)17-33-21-31-16-24(33)18-32(23)20-30(34)35/h2-11,14-16,21,23H,12-13,17-20H2,1H3. The average Bonchev–Trinajstić information content (AvgIpc) is 3.34. The lowest BCUT2D eigenvalue weighted by molar-refractivity contribution is -0.122. The molecule has 4 heterocycles. The first-order valence-electron chi connectivity index (χ1n) is 13.2. The molecule has 6 bridgehead atoms. The summed E-state index contributed by atoms with van der Waals surface area (Å²) in [5, 5.41) is 0. The third kappa shape index (κ3) is 5.88. The van der Waals surface area contributed by atoms with E-state index in [9.17, 15) is 13.2 Å². The number of aromatic nitrogens is 2. The number of benzene rings is 3. The van der Waals surface area contributed by atoms with Gasteiger partial charge in [-0.1, -0.05) is 30.3 Å². The minimum Gasteiger partial charge on any atom is -0.457 e. The number of hydrogen-bond donors (Lipinski definition) is 0. The summed E-state index contributed by atoms with van der Waals surface area (Å²) in [6.07, 6.45) is 5.23. The Balaban J connectivity index is 1.44. The zero-order valence-corrected chi connectivity index (χ0v) is 23.0. The summed E-state index contributed by atoms with van der Waals surface area (Å²) in [5.74, 6) is 2.39. The van der Waals surface area contributed by atoms with Crippen LogP contribution in [0.5, 0.6) is 23.0 Å². The number of fused-ring (bicyclic) bond motifs is 2. The van der Waals surface area contributed by atoms with E-state index < -0.39 is 9.84 Å². The second-order valence-corrected chi connectivity index (χ2v) is 12.5. The van der Waals surface area contributed by atoms with Gasteiger partial charge < -0.3 is 18.9 Å². The first-order valence-corrected chi connectivity index (χ1v) is 15.2. The van der Waals surface area contributed by atoms with Crippen molar-refractivity contribution in [3.8, 4) is 23.0 Å². The van der Waals surface area contributed by atoms with Crippen LogP contribution in [0.4, 0.5) is 5.69 Å². The van der Waals surface area contributed by atoms with Crippen molar-refractivity contribution in [3.05, 3.63) is 96.6 Å². The number of nitrogens with zero attached hydrogens (tertiary/aromatic N) is 4. The molecule has 3 aromatic carbocycles. The van der Waals surface area contributed by atoms with E-state index in [0.717, 1.165) is 11.3 Å². The summed E-state index contributed by atoms with van der Waals surface area (Å²) in [5.41, 5.74) is 2.62. The molecule has 1 amide bonds. The topological polar surface area (TPSA) is 94.0 Å². The molecule has 206 valence electrons. The van der Waals surface area contributed by atoms with Crippen LogP contribution in [0.15, 0.2) is 85.3 Å². The zero-order valence-electron chi connectivity index (χ0n) is 22.1. The van der Waals surface area contributed by atoms with Crippen LogP contribution in [-0.2, 0) is 27.7 Å². The maximum Gasteiger partial charge on any atom is 0.241 e. The number of sulfone groups is 1. The van der Waals surface area contributed by atoms with E-state index in [4.69, 9.17) is 9.47 Å². The molecule has 4 aromatic rings. The van der Waals surface area contributed by atoms with Gasteiger partial charge in [0, 0.05) is 44.2 Å². The lowest BCUT2D eigenvalue weighted by Gasteiger charge is -2.41. The Morgan fingerprint density at radius 1 is 0.900 bits per heavy atom. The van der Waals surface area contributed by atoms with E-state index in [1.807, 2.05) is 72.8 Å². The molecule has 9 nitrogen and oxygen atoms in total. The molecule has 3 aliphatic rings. The van der Waals surface area contributed by atoms with E-state index in [0.29, 0.717) is 54.7 Å². The average molecular weight is 559 g/mol. The maximum atomic E-state index is 13.6. The fourth-order valence-electron chi connectivity index (χ4n) is 5.22. The lowest BCUT2D eigenvalue weighted by atomic mass is 10.1. The molecule has 1 fully saturated rings. The molecule has 40 heavy (non-hydrogen) atoms. The fourth-order valence-corrected chi connectivity index (χ4v) is 5.92. The Labute approximate surface area is 233 Å². The van der Waals surface area contributed by atoms with E-state index in [-0.39, 0.29) is 24.2 Å². The maximum absolute atomic E-state index is 13.6. The summed E-state index contributed by atoms with van der Waals surface area (Å²) < 4.78 is 38.7. The van der Waals surface area contributed by atoms with Crippen molar-refractivity contribution < 1.29 is 22.7 Å². The summed E-state index contributed by atoms with van der Waals surface area (Å²) >= 11 is 0. The molecular weight excluding hydrogens is 528 g/mol. The van der Waals surface area contributed by atoms with Crippen LogP contribution in [0.1, 0.15) is 17.7 Å². The van der Waals surface area contributed by atoms with Crippen molar-refractivity contribution in [1.29, 1.82) is 0 Å². The Hall–Kier alpha value is -4.15. The number of hydrogen-bond acceptors (Lipinski definition) is 7. The van der Waals surface area contributed by atoms with Gasteiger partial charge in [0.05, 0.1) is 30.0 Å². The molecule has 2 unspecified atom stereocenters. The fraction of sp³-hybridized carbons (Fsp3) is 0.267. The summed E-state index contributed by atoms with van der Waals surface area (Å²) in [6, 6.07) is 22.5. The van der Waals surface area contributed by atoms with Crippen LogP contribution in [0, 0.1) is 0 Å². The van der Waals surface area contributed by atoms with Gasteiger partial charge in [-0.05, 0) is 48.4 Å². The number of piperazine rings is 1. The number of anilines is 1. The second-order valence-electron chi connectivity index (χ2n) is 10.3. The van der Waals surface area contributed by atoms with Crippen LogP contribution in [0.25, 0.3) is 0 Å². The van der Waals surface area contributed by atoms with Crippen molar-refractivity contribution in [2.45, 2.75) is 25.6 Å². The van der Waals surface area contributed by atoms with Gasteiger partial charge >= 0.3 is 0 Å². The predicted molar refractivity (Wildman–Crippen MR) is 152 cm³/mol. The van der Waals surface area contributed by atoms with Crippen molar-refractivity contribution in [3.63, 3.8) is 0 Å². The van der Waals surface area contributed by atoms with Gasteiger partial charge in [-0.2, -0.15) is 0 Å². The van der Waals surface area contributed by atoms with Crippen LogP contribution < -0.4 is 14.4 Å².